The highest BCUT2D eigenvalue weighted by Crippen LogP contribution is 2.50. The standard InChI is InChI=1S/2C62H37NOS/c1-2-13-38(14-3-1)61-47-19-4-6-21-49(47)62(50-22-7-5-20-48(50)61)43-15-12-16-44(33-43)63-55-29-25-39(41-27-31-58-53(36-41)45-17-8-10-23-57(45)64-58)34-51(55)52-35-40(26-30-56(52)63)42-28-32-60-54(37-42)46-18-9-11-24-59(46)65-60;1-2-12-38(13-3-1)61-47-16-4-6-18-49(47)62(50-19-7-5-17-48(50)61)39-22-28-44(29-23-39)63-55-30-24-40(42-26-32-58-53(36-42)45-14-8-10-20-57(45)64-58)34-51(55)52-35-41(25-31-56(52)63)43-27-33-60-54(37-43)46-15-9-11-21-59(46)65-60/h2*1-37H. The molecule has 0 aliphatic carbocycles. The Labute approximate surface area is 755 Å². The molecular formula is C124H74N2O2S2. The topological polar surface area (TPSA) is 36.1 Å². The van der Waals surface area contributed by atoms with Crippen molar-refractivity contribution in [1.82, 2.24) is 9.13 Å². The van der Waals surface area contributed by atoms with E-state index in [1.807, 2.05) is 46.9 Å². The summed E-state index contributed by atoms with van der Waals surface area (Å²) in [6, 6.07) is 165. The first-order chi connectivity index (χ1) is 64.4. The number of benzene rings is 22. The van der Waals surface area contributed by atoms with Crippen LogP contribution in [0.5, 0.6) is 0 Å². The van der Waals surface area contributed by atoms with E-state index in [2.05, 4.69) is 434 Å². The summed E-state index contributed by atoms with van der Waals surface area (Å²) in [6.07, 6.45) is 0. The van der Waals surface area contributed by atoms with E-state index in [-0.39, 0.29) is 0 Å². The zero-order valence-electron chi connectivity index (χ0n) is 70.3. The highest BCUT2D eigenvalue weighted by atomic mass is 32.1. The van der Waals surface area contributed by atoms with Gasteiger partial charge < -0.3 is 18.0 Å². The van der Waals surface area contributed by atoms with Crippen LogP contribution in [-0.4, -0.2) is 9.13 Å². The van der Waals surface area contributed by atoms with Crippen molar-refractivity contribution in [3.05, 3.63) is 449 Å². The first-order valence-electron chi connectivity index (χ1n) is 44.5. The largest absolute Gasteiger partial charge is 0.456 e. The minimum atomic E-state index is 0.905. The Morgan fingerprint density at radius 2 is 0.392 bits per heavy atom. The SMILES string of the molecule is c1ccc(-c2c3ccccc3c(-c3ccc(-n4c5ccc(-c6ccc7oc8ccccc8c7c6)cc5c5cc(-c6ccc7sc8ccccc8c7c6)ccc54)cc3)c3ccccc23)cc1.c1ccc(-c2c3ccccc3c(-c3cccc(-n4c5ccc(-c6ccc7oc8ccccc8c7c6)cc5c5cc(-c6ccc7sc8ccccc8c7c6)ccc54)c3)c3ccccc23)cc1. The van der Waals surface area contributed by atoms with Gasteiger partial charge in [-0.15, -0.1) is 22.7 Å². The quantitative estimate of drug-likeness (QED) is 0.128. The van der Waals surface area contributed by atoms with Crippen LogP contribution in [-0.2, 0) is 0 Å². The van der Waals surface area contributed by atoms with Gasteiger partial charge in [0.2, 0.25) is 0 Å². The molecule has 0 atom stereocenters. The Hall–Kier alpha value is -16.5. The number of aromatic nitrogens is 2. The maximum Gasteiger partial charge on any atom is 0.135 e. The Balaban J connectivity index is 0.000000134. The van der Waals surface area contributed by atoms with E-state index in [1.165, 1.54) is 210 Å². The average molecular weight is 1690 g/mol. The minimum Gasteiger partial charge on any atom is -0.456 e. The summed E-state index contributed by atoms with van der Waals surface area (Å²) >= 11 is 3.73. The zero-order chi connectivity index (χ0) is 85.2. The van der Waals surface area contributed by atoms with Crippen molar-refractivity contribution in [3.63, 3.8) is 0 Å². The second-order valence-corrected chi connectivity index (χ2v) is 36.5. The normalized spacial score (nSPS) is 12.0. The molecule has 0 fully saturated rings. The van der Waals surface area contributed by atoms with Gasteiger partial charge in [-0.1, -0.05) is 303 Å². The van der Waals surface area contributed by atoms with E-state index in [1.54, 1.807) is 0 Å². The molecule has 28 aromatic rings. The van der Waals surface area contributed by atoms with Crippen LogP contribution in [0.3, 0.4) is 0 Å². The average Bonchev–Trinajstić information content (AvgIpc) is 0.831. The van der Waals surface area contributed by atoms with Gasteiger partial charge in [0.05, 0.1) is 22.1 Å². The molecule has 6 heteroatoms. The minimum absolute atomic E-state index is 0.905. The van der Waals surface area contributed by atoms with Gasteiger partial charge in [-0.25, -0.2) is 0 Å². The molecule has 4 nitrogen and oxygen atoms in total. The fraction of sp³-hybridized carbons (Fsp3) is 0. The van der Waals surface area contributed by atoms with Crippen molar-refractivity contribution in [1.29, 1.82) is 0 Å². The van der Waals surface area contributed by atoms with Crippen LogP contribution in [0.15, 0.2) is 458 Å². The predicted molar refractivity (Wildman–Crippen MR) is 555 cm³/mol. The Morgan fingerprint density at radius 3 is 0.769 bits per heavy atom. The van der Waals surface area contributed by atoms with E-state index in [9.17, 15) is 0 Å². The van der Waals surface area contributed by atoms with Crippen LogP contribution in [0, 0.1) is 0 Å². The molecule has 130 heavy (non-hydrogen) atoms. The number of thiophene rings is 2. The van der Waals surface area contributed by atoms with Gasteiger partial charge in [0.1, 0.15) is 22.3 Å². The van der Waals surface area contributed by atoms with Crippen LogP contribution in [0.2, 0.25) is 0 Å². The lowest BCUT2D eigenvalue weighted by atomic mass is 9.86. The molecule has 0 spiro atoms. The van der Waals surface area contributed by atoms with Gasteiger partial charge in [-0.3, -0.25) is 0 Å². The van der Waals surface area contributed by atoms with Gasteiger partial charge in [0.15, 0.2) is 0 Å². The number of hydrogen-bond acceptors (Lipinski definition) is 4. The molecule has 0 saturated heterocycles. The van der Waals surface area contributed by atoms with Gasteiger partial charge in [0.25, 0.3) is 0 Å². The second kappa shape index (κ2) is 29.6. The number of para-hydroxylation sites is 2. The van der Waals surface area contributed by atoms with Gasteiger partial charge >= 0.3 is 0 Å². The number of rotatable bonds is 10. The van der Waals surface area contributed by atoms with Gasteiger partial charge in [0, 0.05) is 94.8 Å². The number of fused-ring (bicyclic) bond motifs is 22. The lowest BCUT2D eigenvalue weighted by Gasteiger charge is -2.18. The Kier molecular flexibility index (Phi) is 16.8. The Bertz CT molecular complexity index is 9100. The summed E-state index contributed by atoms with van der Waals surface area (Å²) in [6.45, 7) is 0. The fourth-order valence-electron chi connectivity index (χ4n) is 21.2. The molecule has 0 amide bonds. The lowest BCUT2D eigenvalue weighted by molar-refractivity contribution is 0.668. The van der Waals surface area contributed by atoms with E-state index in [0.717, 1.165) is 60.8 Å². The monoisotopic (exact) mass is 1690 g/mol. The summed E-state index contributed by atoms with van der Waals surface area (Å²) in [5.74, 6) is 0. The molecule has 6 heterocycles. The van der Waals surface area contributed by atoms with Crippen LogP contribution >= 0.6 is 22.7 Å². The summed E-state index contributed by atoms with van der Waals surface area (Å²) in [5.41, 5.74) is 30.0. The molecule has 604 valence electrons. The molecule has 0 bridgehead atoms. The van der Waals surface area contributed by atoms with Crippen molar-refractivity contribution >= 4 is 194 Å². The number of furan rings is 2. The van der Waals surface area contributed by atoms with Crippen LogP contribution < -0.4 is 0 Å². The van der Waals surface area contributed by atoms with Crippen molar-refractivity contribution in [2.75, 3.05) is 0 Å². The predicted octanol–water partition coefficient (Wildman–Crippen LogP) is 36.1. The third-order valence-corrected chi connectivity index (χ3v) is 29.5. The van der Waals surface area contributed by atoms with Crippen LogP contribution in [0.25, 0.3) is 271 Å². The zero-order valence-corrected chi connectivity index (χ0v) is 71.9. The van der Waals surface area contributed by atoms with Crippen molar-refractivity contribution in [2.45, 2.75) is 0 Å². The van der Waals surface area contributed by atoms with Crippen LogP contribution in [0.1, 0.15) is 0 Å². The van der Waals surface area contributed by atoms with Crippen molar-refractivity contribution in [2.24, 2.45) is 0 Å². The highest BCUT2D eigenvalue weighted by molar-refractivity contribution is 7.26. The maximum absolute atomic E-state index is 6.24. The molecule has 6 aromatic heterocycles. The lowest BCUT2D eigenvalue weighted by Crippen LogP contribution is -1.95. The summed E-state index contributed by atoms with van der Waals surface area (Å²) < 4.78 is 22.6. The highest BCUT2D eigenvalue weighted by Gasteiger charge is 2.25. The second-order valence-electron chi connectivity index (χ2n) is 34.3. The molecular weight excluding hydrogens is 1610 g/mol. The molecule has 0 unspecified atom stereocenters. The van der Waals surface area contributed by atoms with Gasteiger partial charge in [-0.05, 0) is 278 Å². The number of nitrogens with zero attached hydrogens (tertiary/aromatic N) is 2. The molecule has 0 aliphatic heterocycles. The third-order valence-electron chi connectivity index (χ3n) is 27.2. The molecule has 0 N–H and O–H groups in total. The molecule has 22 aromatic carbocycles. The maximum atomic E-state index is 6.24. The summed E-state index contributed by atoms with van der Waals surface area (Å²) in [5, 5.41) is 24.7. The number of hydrogen-bond donors (Lipinski definition) is 0. The first kappa shape index (κ1) is 73.8. The van der Waals surface area contributed by atoms with E-state index in [4.69, 9.17) is 8.83 Å². The van der Waals surface area contributed by atoms with E-state index in [0.29, 0.717) is 0 Å². The molecule has 0 radical (unpaired) electrons. The summed E-state index contributed by atoms with van der Waals surface area (Å²) in [7, 11) is 0. The fourth-order valence-corrected chi connectivity index (χ4v) is 23.4. The molecule has 0 aliphatic rings. The van der Waals surface area contributed by atoms with E-state index >= 15 is 0 Å². The van der Waals surface area contributed by atoms with E-state index < -0.39 is 0 Å². The molecule has 0 saturated carbocycles. The third kappa shape index (κ3) is 11.8. The van der Waals surface area contributed by atoms with Crippen molar-refractivity contribution < 1.29 is 8.83 Å². The van der Waals surface area contributed by atoms with Gasteiger partial charge in [-0.2, -0.15) is 0 Å². The van der Waals surface area contributed by atoms with Crippen molar-refractivity contribution in [3.8, 4) is 100 Å². The smallest absolute Gasteiger partial charge is 0.135 e. The first-order valence-corrected chi connectivity index (χ1v) is 46.1. The Morgan fingerprint density at radius 1 is 0.138 bits per heavy atom. The summed E-state index contributed by atoms with van der Waals surface area (Å²) in [4.78, 5) is 0. The molecule has 28 rings (SSSR count). The van der Waals surface area contributed by atoms with Crippen LogP contribution in [0.4, 0.5) is 0 Å².